The topological polar surface area (TPSA) is 72.3 Å². The predicted molar refractivity (Wildman–Crippen MR) is 53.9 cm³/mol. The molecule has 1 aromatic carbocycles. The van der Waals surface area contributed by atoms with E-state index in [0.717, 1.165) is 5.56 Å². The minimum atomic E-state index is -3.09. The Labute approximate surface area is 78.1 Å². The maximum atomic E-state index is 11.2. The van der Waals surface area contributed by atoms with Crippen LogP contribution in [0.4, 0.5) is 0 Å². The second-order valence-corrected chi connectivity index (χ2v) is 5.00. The van der Waals surface area contributed by atoms with Crippen LogP contribution >= 0.6 is 7.59 Å². The summed E-state index contributed by atoms with van der Waals surface area (Å²) < 4.78 is 12.7. The van der Waals surface area contributed by atoms with Crippen molar-refractivity contribution in [3.63, 3.8) is 0 Å². The molecule has 0 unspecified atom stereocenters. The van der Waals surface area contributed by atoms with E-state index < -0.39 is 7.59 Å². The zero-order valence-electron chi connectivity index (χ0n) is 7.55. The minimum absolute atomic E-state index is 0.505. The fraction of sp³-hybridized carbons (Fsp3) is 0.250. The molecule has 0 aliphatic carbocycles. The molecule has 0 radical (unpaired) electrons. The lowest BCUT2D eigenvalue weighted by molar-refractivity contribution is 0.465. The summed E-state index contributed by atoms with van der Waals surface area (Å²) in [5, 5.41) is 0. The van der Waals surface area contributed by atoms with Crippen LogP contribution < -0.4 is 11.0 Å². The molecule has 13 heavy (non-hydrogen) atoms. The molecule has 1 aromatic rings. The molecule has 0 spiro atoms. The highest BCUT2D eigenvalue weighted by Crippen LogP contribution is 2.30. The average molecular weight is 199 g/mol. The van der Waals surface area contributed by atoms with E-state index in [9.17, 15) is 4.57 Å². The van der Waals surface area contributed by atoms with E-state index in [0.29, 0.717) is 6.54 Å². The quantitative estimate of drug-likeness (QED) is 0.716. The molecule has 0 aromatic heterocycles. The molecule has 0 saturated heterocycles. The summed E-state index contributed by atoms with van der Waals surface area (Å²) in [6.45, 7) is 0.505. The third-order valence-electron chi connectivity index (χ3n) is 1.79. The molecule has 1 rings (SSSR count). The number of hydrogen-bond acceptors (Lipinski definition) is 1. The van der Waals surface area contributed by atoms with Gasteiger partial charge in [-0.15, -0.1) is 0 Å². The first-order valence-electron chi connectivity index (χ1n) is 3.93. The van der Waals surface area contributed by atoms with Crippen LogP contribution in [-0.2, 0) is 11.1 Å². The first-order chi connectivity index (χ1) is 6.00. The molecule has 4 N–H and O–H groups in total. The van der Waals surface area contributed by atoms with Crippen LogP contribution in [0.1, 0.15) is 5.56 Å². The van der Waals surface area contributed by atoms with Gasteiger partial charge in [0.1, 0.15) is 0 Å². The van der Waals surface area contributed by atoms with E-state index in [1.807, 2.05) is 30.3 Å². The van der Waals surface area contributed by atoms with Gasteiger partial charge in [0.2, 0.25) is 0 Å². The summed E-state index contributed by atoms with van der Waals surface area (Å²) in [5.74, 6) is 0. The van der Waals surface area contributed by atoms with E-state index in [-0.39, 0.29) is 0 Å². The summed E-state index contributed by atoms with van der Waals surface area (Å²) in [4.78, 5) is 0. The number of nitrogens with two attached hydrogens (primary N) is 2. The monoisotopic (exact) mass is 199 g/mol. The summed E-state index contributed by atoms with van der Waals surface area (Å²) in [6, 6.07) is 9.63. The second-order valence-electron chi connectivity index (χ2n) is 2.97. The number of nitrogens with zero attached hydrogens (tertiary/aromatic N) is 1. The van der Waals surface area contributed by atoms with Crippen molar-refractivity contribution in [2.75, 3.05) is 7.05 Å². The van der Waals surface area contributed by atoms with Gasteiger partial charge in [0.15, 0.2) is 0 Å². The highest BCUT2D eigenvalue weighted by Gasteiger charge is 2.15. The van der Waals surface area contributed by atoms with E-state index in [2.05, 4.69) is 0 Å². The van der Waals surface area contributed by atoms with Crippen LogP contribution in [0.5, 0.6) is 0 Å². The maximum absolute atomic E-state index is 11.2. The third-order valence-corrected chi connectivity index (χ3v) is 3.00. The lowest BCUT2D eigenvalue weighted by Crippen LogP contribution is -2.24. The van der Waals surface area contributed by atoms with Crippen molar-refractivity contribution in [3.8, 4) is 0 Å². The highest BCUT2D eigenvalue weighted by atomic mass is 31.2. The molecular weight excluding hydrogens is 185 g/mol. The zero-order valence-corrected chi connectivity index (χ0v) is 8.45. The van der Waals surface area contributed by atoms with Crippen LogP contribution in [0.3, 0.4) is 0 Å². The Bertz CT molecular complexity index is 308. The molecule has 0 aliphatic rings. The van der Waals surface area contributed by atoms with Crippen molar-refractivity contribution in [1.82, 2.24) is 4.67 Å². The minimum Gasteiger partial charge on any atom is -0.271 e. The lowest BCUT2D eigenvalue weighted by atomic mass is 10.2. The highest BCUT2D eigenvalue weighted by molar-refractivity contribution is 7.56. The van der Waals surface area contributed by atoms with Crippen LogP contribution in [-0.4, -0.2) is 11.7 Å². The second kappa shape index (κ2) is 4.03. The fourth-order valence-corrected chi connectivity index (χ4v) is 1.34. The van der Waals surface area contributed by atoms with Gasteiger partial charge in [-0.25, -0.2) is 4.67 Å². The molecule has 0 atom stereocenters. The SMILES string of the molecule is CN(Cc1ccccc1)P(N)(N)=O. The Balaban J connectivity index is 2.66. The van der Waals surface area contributed by atoms with Gasteiger partial charge in [0.05, 0.1) is 0 Å². The van der Waals surface area contributed by atoms with Gasteiger partial charge >= 0.3 is 0 Å². The van der Waals surface area contributed by atoms with Gasteiger partial charge in [-0.05, 0) is 12.6 Å². The van der Waals surface area contributed by atoms with E-state index >= 15 is 0 Å². The van der Waals surface area contributed by atoms with E-state index in [1.54, 1.807) is 7.05 Å². The Morgan fingerprint density at radius 3 is 2.31 bits per heavy atom. The molecule has 0 fully saturated rings. The Hall–Kier alpha value is -0.670. The molecule has 4 nitrogen and oxygen atoms in total. The Morgan fingerprint density at radius 1 is 1.31 bits per heavy atom. The Morgan fingerprint density at radius 2 is 1.85 bits per heavy atom. The molecule has 0 aliphatic heterocycles. The number of hydrogen-bond donors (Lipinski definition) is 2. The zero-order chi connectivity index (χ0) is 9.90. The van der Waals surface area contributed by atoms with Crippen molar-refractivity contribution in [1.29, 1.82) is 0 Å². The summed E-state index contributed by atoms with van der Waals surface area (Å²) >= 11 is 0. The van der Waals surface area contributed by atoms with Crippen LogP contribution in [0.15, 0.2) is 30.3 Å². The van der Waals surface area contributed by atoms with Crippen molar-refractivity contribution in [3.05, 3.63) is 35.9 Å². The van der Waals surface area contributed by atoms with Gasteiger partial charge in [-0.1, -0.05) is 30.3 Å². The molecule has 0 heterocycles. The standard InChI is InChI=1S/C8H14N3OP/c1-11(13(9,10)12)7-8-5-3-2-4-6-8/h2-6H,7H2,1H3,(H4,9,10,12). The van der Waals surface area contributed by atoms with Crippen LogP contribution in [0.2, 0.25) is 0 Å². The van der Waals surface area contributed by atoms with Gasteiger partial charge in [-0.2, -0.15) is 0 Å². The Kier molecular flexibility index (Phi) is 3.22. The fourth-order valence-electron chi connectivity index (χ4n) is 0.958. The first-order valence-corrected chi connectivity index (χ1v) is 5.72. The smallest absolute Gasteiger partial charge is 0.271 e. The number of benzene rings is 1. The van der Waals surface area contributed by atoms with E-state index in [4.69, 9.17) is 11.0 Å². The lowest BCUT2D eigenvalue weighted by Gasteiger charge is -2.20. The maximum Gasteiger partial charge on any atom is 0.276 e. The normalized spacial score (nSPS) is 12.0. The first kappa shape index (κ1) is 10.4. The van der Waals surface area contributed by atoms with Crippen molar-refractivity contribution >= 4 is 7.59 Å². The molecule has 5 heteroatoms. The van der Waals surface area contributed by atoms with Crippen LogP contribution in [0, 0.1) is 0 Å². The van der Waals surface area contributed by atoms with Crippen LogP contribution in [0.25, 0.3) is 0 Å². The average Bonchev–Trinajstić information content (AvgIpc) is 2.04. The summed E-state index contributed by atoms with van der Waals surface area (Å²) in [6.07, 6.45) is 0. The summed E-state index contributed by atoms with van der Waals surface area (Å²) in [5.41, 5.74) is 11.6. The van der Waals surface area contributed by atoms with E-state index in [1.165, 1.54) is 4.67 Å². The van der Waals surface area contributed by atoms with Gasteiger partial charge in [0, 0.05) is 6.54 Å². The molecule has 0 amide bonds. The summed E-state index contributed by atoms with van der Waals surface area (Å²) in [7, 11) is -1.44. The molecule has 0 bridgehead atoms. The third kappa shape index (κ3) is 3.28. The largest absolute Gasteiger partial charge is 0.276 e. The molecule has 72 valence electrons. The van der Waals surface area contributed by atoms with Crippen molar-refractivity contribution < 1.29 is 4.57 Å². The predicted octanol–water partition coefficient (Wildman–Crippen LogP) is 1.14. The van der Waals surface area contributed by atoms with Crippen molar-refractivity contribution in [2.24, 2.45) is 11.0 Å². The molecule has 0 saturated carbocycles. The molecular formula is C8H14N3OP. The van der Waals surface area contributed by atoms with Crippen molar-refractivity contribution in [2.45, 2.75) is 6.54 Å². The van der Waals surface area contributed by atoms with Gasteiger partial charge in [0.25, 0.3) is 7.59 Å². The number of rotatable bonds is 3. The van der Waals surface area contributed by atoms with Gasteiger partial charge < -0.3 is 0 Å². The van der Waals surface area contributed by atoms with Gasteiger partial charge in [-0.3, -0.25) is 15.6 Å².